The standard InChI is InChI=1S/C17H27NO3/c1-4-11-18-17(16(19)20,13-21-12-10-14(2)3)15-8-6-5-7-9-15/h5-9,14,18H,4,10-13H2,1-3H3,(H,19,20). The Labute approximate surface area is 127 Å². The molecule has 0 bridgehead atoms. The van der Waals surface area contributed by atoms with Gasteiger partial charge in [0.1, 0.15) is 0 Å². The Hall–Kier alpha value is -1.39. The average Bonchev–Trinajstić information content (AvgIpc) is 2.47. The highest BCUT2D eigenvalue weighted by Gasteiger charge is 2.40. The number of hydrogen-bond donors (Lipinski definition) is 2. The molecule has 0 saturated carbocycles. The van der Waals surface area contributed by atoms with Gasteiger partial charge in [0, 0.05) is 6.61 Å². The molecule has 1 atom stereocenters. The number of aliphatic carboxylic acids is 1. The lowest BCUT2D eigenvalue weighted by molar-refractivity contribution is -0.148. The van der Waals surface area contributed by atoms with Gasteiger partial charge in [0.05, 0.1) is 6.61 Å². The van der Waals surface area contributed by atoms with Crippen LogP contribution >= 0.6 is 0 Å². The van der Waals surface area contributed by atoms with Crippen LogP contribution in [0.5, 0.6) is 0 Å². The highest BCUT2D eigenvalue weighted by atomic mass is 16.5. The Morgan fingerprint density at radius 2 is 2.00 bits per heavy atom. The quantitative estimate of drug-likeness (QED) is 0.651. The minimum Gasteiger partial charge on any atom is -0.480 e. The summed E-state index contributed by atoms with van der Waals surface area (Å²) in [6.07, 6.45) is 1.80. The van der Waals surface area contributed by atoms with Crippen LogP contribution in [-0.4, -0.2) is 30.8 Å². The second-order valence-corrected chi connectivity index (χ2v) is 5.74. The number of carboxylic acid groups (broad SMARTS) is 1. The molecule has 0 heterocycles. The number of carboxylic acids is 1. The summed E-state index contributed by atoms with van der Waals surface area (Å²) in [5.41, 5.74) is -0.440. The molecule has 0 aliphatic heterocycles. The summed E-state index contributed by atoms with van der Waals surface area (Å²) >= 11 is 0. The molecule has 1 rings (SSSR count). The molecule has 0 saturated heterocycles. The number of ether oxygens (including phenoxy) is 1. The van der Waals surface area contributed by atoms with Crippen LogP contribution in [-0.2, 0) is 15.1 Å². The van der Waals surface area contributed by atoms with Gasteiger partial charge >= 0.3 is 5.97 Å². The number of nitrogens with one attached hydrogen (secondary N) is 1. The summed E-state index contributed by atoms with van der Waals surface area (Å²) in [5, 5.41) is 12.9. The SMILES string of the molecule is CCCNC(COCCC(C)C)(C(=O)O)c1ccccc1. The molecule has 0 amide bonds. The van der Waals surface area contributed by atoms with Crippen LogP contribution in [0.25, 0.3) is 0 Å². The van der Waals surface area contributed by atoms with E-state index in [0.717, 1.165) is 18.4 Å². The van der Waals surface area contributed by atoms with Crippen LogP contribution in [0, 0.1) is 5.92 Å². The van der Waals surface area contributed by atoms with Gasteiger partial charge in [0.2, 0.25) is 0 Å². The first kappa shape index (κ1) is 17.7. The lowest BCUT2D eigenvalue weighted by Gasteiger charge is -2.31. The van der Waals surface area contributed by atoms with E-state index < -0.39 is 11.5 Å². The van der Waals surface area contributed by atoms with Crippen molar-refractivity contribution in [3.05, 3.63) is 35.9 Å². The molecule has 21 heavy (non-hydrogen) atoms. The predicted molar refractivity (Wildman–Crippen MR) is 84.3 cm³/mol. The van der Waals surface area contributed by atoms with Crippen molar-refractivity contribution in [3.63, 3.8) is 0 Å². The second-order valence-electron chi connectivity index (χ2n) is 5.74. The lowest BCUT2D eigenvalue weighted by Crippen LogP contribution is -2.53. The van der Waals surface area contributed by atoms with E-state index in [1.807, 2.05) is 37.3 Å². The van der Waals surface area contributed by atoms with Crippen molar-refractivity contribution in [2.24, 2.45) is 5.92 Å². The van der Waals surface area contributed by atoms with Crippen molar-refractivity contribution >= 4 is 5.97 Å². The first-order valence-corrected chi connectivity index (χ1v) is 7.64. The maximum atomic E-state index is 11.9. The highest BCUT2D eigenvalue weighted by molar-refractivity contribution is 5.81. The van der Waals surface area contributed by atoms with E-state index in [4.69, 9.17) is 4.74 Å². The summed E-state index contributed by atoms with van der Waals surface area (Å²) in [6.45, 7) is 7.62. The molecule has 4 heteroatoms. The fraction of sp³-hybridized carbons (Fsp3) is 0.588. The Kier molecular flexibility index (Phi) is 7.40. The maximum absolute atomic E-state index is 11.9. The monoisotopic (exact) mass is 293 g/mol. The molecule has 4 nitrogen and oxygen atoms in total. The minimum atomic E-state index is -1.17. The van der Waals surface area contributed by atoms with E-state index in [9.17, 15) is 9.90 Å². The molecule has 0 fully saturated rings. The zero-order chi connectivity index (χ0) is 15.7. The van der Waals surface area contributed by atoms with Gasteiger partial charge < -0.3 is 9.84 Å². The summed E-state index contributed by atoms with van der Waals surface area (Å²) < 4.78 is 5.68. The topological polar surface area (TPSA) is 58.6 Å². The molecule has 0 aliphatic carbocycles. The molecule has 118 valence electrons. The first-order chi connectivity index (χ1) is 10.0. The molecule has 1 aromatic rings. The van der Waals surface area contributed by atoms with E-state index in [1.165, 1.54) is 0 Å². The zero-order valence-electron chi connectivity index (χ0n) is 13.3. The minimum absolute atomic E-state index is 0.138. The van der Waals surface area contributed by atoms with E-state index in [1.54, 1.807) is 0 Å². The summed E-state index contributed by atoms with van der Waals surface area (Å²) in [6, 6.07) is 9.27. The smallest absolute Gasteiger partial charge is 0.331 e. The fourth-order valence-corrected chi connectivity index (χ4v) is 2.10. The molecular formula is C17H27NO3. The summed E-state index contributed by atoms with van der Waals surface area (Å²) in [5.74, 6) is -0.351. The third-order valence-corrected chi connectivity index (χ3v) is 3.47. The third-order valence-electron chi connectivity index (χ3n) is 3.47. The van der Waals surface area contributed by atoms with Gasteiger partial charge in [-0.05, 0) is 30.9 Å². The van der Waals surface area contributed by atoms with Gasteiger partial charge in [-0.1, -0.05) is 51.1 Å². The Bertz CT molecular complexity index is 419. The normalized spacial score (nSPS) is 14.1. The van der Waals surface area contributed by atoms with Crippen molar-refractivity contribution in [1.29, 1.82) is 0 Å². The van der Waals surface area contributed by atoms with Crippen molar-refractivity contribution in [2.45, 2.75) is 39.2 Å². The number of benzene rings is 1. The van der Waals surface area contributed by atoms with Crippen LogP contribution in [0.3, 0.4) is 0 Å². The fourth-order valence-electron chi connectivity index (χ4n) is 2.10. The number of rotatable bonds is 10. The first-order valence-electron chi connectivity index (χ1n) is 7.64. The summed E-state index contributed by atoms with van der Waals surface area (Å²) in [4.78, 5) is 11.9. The van der Waals surface area contributed by atoms with E-state index in [0.29, 0.717) is 19.1 Å². The van der Waals surface area contributed by atoms with Crippen molar-refractivity contribution < 1.29 is 14.6 Å². The van der Waals surface area contributed by atoms with Gasteiger partial charge in [0.25, 0.3) is 0 Å². The van der Waals surface area contributed by atoms with Gasteiger partial charge in [-0.15, -0.1) is 0 Å². The largest absolute Gasteiger partial charge is 0.480 e. The van der Waals surface area contributed by atoms with E-state index in [-0.39, 0.29) is 6.61 Å². The average molecular weight is 293 g/mol. The second kappa shape index (κ2) is 8.80. The maximum Gasteiger partial charge on any atom is 0.331 e. The van der Waals surface area contributed by atoms with Crippen molar-refractivity contribution in [3.8, 4) is 0 Å². The van der Waals surface area contributed by atoms with Gasteiger partial charge in [0.15, 0.2) is 5.54 Å². The molecule has 0 aromatic heterocycles. The number of carbonyl (C=O) groups is 1. The molecule has 2 N–H and O–H groups in total. The van der Waals surface area contributed by atoms with E-state index >= 15 is 0 Å². The third kappa shape index (κ3) is 5.14. The van der Waals surface area contributed by atoms with Crippen LogP contribution in [0.2, 0.25) is 0 Å². The van der Waals surface area contributed by atoms with Crippen molar-refractivity contribution in [1.82, 2.24) is 5.32 Å². The van der Waals surface area contributed by atoms with E-state index in [2.05, 4.69) is 19.2 Å². The molecule has 0 radical (unpaired) electrons. The Morgan fingerprint density at radius 1 is 1.33 bits per heavy atom. The molecule has 1 aromatic carbocycles. The molecular weight excluding hydrogens is 266 g/mol. The van der Waals surface area contributed by atoms with Gasteiger partial charge in [-0.3, -0.25) is 5.32 Å². The van der Waals surface area contributed by atoms with Crippen LogP contribution in [0.15, 0.2) is 30.3 Å². The van der Waals surface area contributed by atoms with Crippen molar-refractivity contribution in [2.75, 3.05) is 19.8 Å². The van der Waals surface area contributed by atoms with Gasteiger partial charge in [-0.2, -0.15) is 0 Å². The summed E-state index contributed by atoms with van der Waals surface area (Å²) in [7, 11) is 0. The Morgan fingerprint density at radius 3 is 2.52 bits per heavy atom. The molecule has 0 aliphatic rings. The molecule has 1 unspecified atom stereocenters. The van der Waals surface area contributed by atoms with Crippen LogP contribution < -0.4 is 5.32 Å². The van der Waals surface area contributed by atoms with Crippen LogP contribution in [0.4, 0.5) is 0 Å². The Balaban J connectivity index is 2.88. The zero-order valence-corrected chi connectivity index (χ0v) is 13.3. The van der Waals surface area contributed by atoms with Gasteiger partial charge in [-0.25, -0.2) is 4.79 Å². The van der Waals surface area contributed by atoms with Crippen LogP contribution in [0.1, 0.15) is 39.2 Å². The highest BCUT2D eigenvalue weighted by Crippen LogP contribution is 2.23. The molecule has 0 spiro atoms. The lowest BCUT2D eigenvalue weighted by atomic mass is 9.90. The predicted octanol–water partition coefficient (Wildman–Crippen LogP) is 3.03. The number of hydrogen-bond acceptors (Lipinski definition) is 3.